The number of hydrogen-bond acceptors (Lipinski definition) is 5. The Morgan fingerprint density at radius 1 is 1.80 bits per heavy atom. The van der Waals surface area contributed by atoms with Gasteiger partial charge in [-0.05, 0) is 0 Å². The van der Waals surface area contributed by atoms with Crippen LogP contribution in [0.1, 0.15) is 0 Å². The molecule has 0 radical (unpaired) electrons. The lowest BCUT2D eigenvalue weighted by atomic mass is 10.4. The molecule has 2 atom stereocenters. The number of carbonyl (C=O) groups is 1. The number of fused-ring (bicyclic) bond motifs is 3. The molecule has 3 rings (SSSR count). The Bertz CT molecular complexity index is 174. The van der Waals surface area contributed by atoms with Gasteiger partial charge in [-0.3, -0.25) is 0 Å². The molecule has 0 amide bonds. The summed E-state index contributed by atoms with van der Waals surface area (Å²) in [5, 5.41) is 9.45. The average Bonchev–Trinajstić information content (AvgIpc) is 1.92. The highest BCUT2D eigenvalue weighted by Gasteiger charge is 2.49. The molecule has 0 aromatic heterocycles. The van der Waals surface area contributed by atoms with Gasteiger partial charge in [0.15, 0.2) is 5.44 Å². The van der Waals surface area contributed by atoms with Crippen molar-refractivity contribution in [3.8, 4) is 0 Å². The van der Waals surface area contributed by atoms with Gasteiger partial charge in [0.25, 0.3) is 0 Å². The van der Waals surface area contributed by atoms with Crippen LogP contribution in [0.5, 0.6) is 0 Å². The second-order valence-electron chi connectivity index (χ2n) is 2.24. The summed E-state index contributed by atoms with van der Waals surface area (Å²) in [6.45, 7) is 0. The predicted molar refractivity (Wildman–Crippen MR) is 39.7 cm³/mol. The van der Waals surface area contributed by atoms with E-state index in [4.69, 9.17) is 4.74 Å². The van der Waals surface area contributed by atoms with E-state index in [1.165, 1.54) is 23.5 Å². The number of aliphatic hydroxyl groups is 1. The molecule has 3 nitrogen and oxygen atoms in total. The van der Waals surface area contributed by atoms with Gasteiger partial charge in [-0.15, -0.1) is 23.5 Å². The van der Waals surface area contributed by atoms with Crippen molar-refractivity contribution in [1.82, 2.24) is 0 Å². The van der Waals surface area contributed by atoms with Crippen LogP contribution in [0.2, 0.25) is 0 Å². The fraction of sp³-hybridized carbons (Fsp3) is 0.800. The lowest BCUT2D eigenvalue weighted by Crippen LogP contribution is -2.51. The third-order valence-corrected chi connectivity index (χ3v) is 4.35. The third-order valence-electron chi connectivity index (χ3n) is 1.48. The van der Waals surface area contributed by atoms with Gasteiger partial charge in [-0.25, -0.2) is 4.79 Å². The van der Waals surface area contributed by atoms with E-state index < -0.39 is 10.9 Å². The van der Waals surface area contributed by atoms with Crippen LogP contribution in [0, 0.1) is 0 Å². The maximum atomic E-state index is 10.9. The lowest BCUT2D eigenvalue weighted by molar-refractivity contribution is -0.158. The van der Waals surface area contributed by atoms with Crippen molar-refractivity contribution < 1.29 is 14.6 Å². The van der Waals surface area contributed by atoms with Crippen LogP contribution in [-0.2, 0) is 9.53 Å². The van der Waals surface area contributed by atoms with Gasteiger partial charge in [0, 0.05) is 11.5 Å². The molecule has 2 unspecified atom stereocenters. The first-order valence-electron chi connectivity index (χ1n) is 2.90. The third kappa shape index (κ3) is 0.844. The van der Waals surface area contributed by atoms with Gasteiger partial charge >= 0.3 is 5.97 Å². The quantitative estimate of drug-likeness (QED) is 0.531. The molecule has 3 aliphatic heterocycles. The van der Waals surface area contributed by atoms with Crippen LogP contribution < -0.4 is 0 Å². The summed E-state index contributed by atoms with van der Waals surface area (Å²) in [4.78, 5) is 9.63. The second-order valence-corrected chi connectivity index (χ2v) is 4.69. The molecule has 0 saturated carbocycles. The molecular weight excluding hydrogens is 172 g/mol. The summed E-state index contributed by atoms with van der Waals surface area (Å²) >= 11 is 2.79. The maximum absolute atomic E-state index is 10.9. The highest BCUT2D eigenvalue weighted by molar-refractivity contribution is 8.08. The smallest absolute Gasteiger partial charge is 0.350 e. The summed E-state index contributed by atoms with van der Waals surface area (Å²) in [6, 6.07) is 0. The van der Waals surface area contributed by atoms with Crippen molar-refractivity contribution in [3.05, 3.63) is 0 Å². The van der Waals surface area contributed by atoms with E-state index in [-0.39, 0.29) is 5.44 Å². The maximum Gasteiger partial charge on any atom is 0.350 e. The van der Waals surface area contributed by atoms with E-state index in [1.807, 2.05) is 0 Å². The number of rotatable bonds is 0. The monoisotopic (exact) mass is 178 g/mol. The molecule has 0 aromatic rings. The molecule has 0 aliphatic carbocycles. The van der Waals surface area contributed by atoms with Crippen LogP contribution >= 0.6 is 23.5 Å². The molecule has 3 aliphatic rings. The van der Waals surface area contributed by atoms with Crippen LogP contribution in [0.15, 0.2) is 0 Å². The number of thioether (sulfide) groups is 2. The standard InChI is InChI=1S/C5H6O3S2/c6-4-5(7)2-9-3(8-4)1-10-5/h3,7H,1-2H2. The van der Waals surface area contributed by atoms with Crippen LogP contribution in [0.4, 0.5) is 0 Å². The molecule has 0 spiro atoms. The molecule has 3 fully saturated rings. The normalized spacial score (nSPS) is 45.3. The van der Waals surface area contributed by atoms with Crippen molar-refractivity contribution in [2.45, 2.75) is 10.4 Å². The van der Waals surface area contributed by atoms with Crippen molar-refractivity contribution in [3.63, 3.8) is 0 Å². The largest absolute Gasteiger partial charge is 0.448 e. The van der Waals surface area contributed by atoms with E-state index in [9.17, 15) is 9.90 Å². The summed E-state index contributed by atoms with van der Waals surface area (Å²) in [7, 11) is 0. The van der Waals surface area contributed by atoms with Gasteiger partial charge in [-0.2, -0.15) is 0 Å². The first-order chi connectivity index (χ1) is 4.71. The van der Waals surface area contributed by atoms with Gasteiger partial charge in [0.1, 0.15) is 0 Å². The summed E-state index contributed by atoms with van der Waals surface area (Å²) < 4.78 is 4.84. The molecule has 5 heteroatoms. The van der Waals surface area contributed by atoms with Crippen LogP contribution in [0.3, 0.4) is 0 Å². The van der Waals surface area contributed by atoms with Gasteiger partial charge < -0.3 is 9.84 Å². The van der Waals surface area contributed by atoms with Crippen molar-refractivity contribution in [2.75, 3.05) is 11.5 Å². The van der Waals surface area contributed by atoms with Gasteiger partial charge in [-0.1, -0.05) is 0 Å². The zero-order chi connectivity index (χ0) is 7.19. The van der Waals surface area contributed by atoms with E-state index >= 15 is 0 Å². The summed E-state index contributed by atoms with van der Waals surface area (Å²) in [5.41, 5.74) is -0.0217. The fourth-order valence-corrected chi connectivity index (χ4v) is 3.36. The first-order valence-corrected chi connectivity index (χ1v) is 4.93. The lowest BCUT2D eigenvalue weighted by Gasteiger charge is -2.39. The molecule has 1 N–H and O–H groups in total. The predicted octanol–water partition coefficient (Wildman–Crippen LogP) is 0.0379. The van der Waals surface area contributed by atoms with E-state index in [1.54, 1.807) is 0 Å². The Morgan fingerprint density at radius 2 is 2.60 bits per heavy atom. The minimum absolute atomic E-state index is 0.0217. The first kappa shape index (κ1) is 6.82. The number of carbonyl (C=O) groups excluding carboxylic acids is 1. The molecule has 10 heavy (non-hydrogen) atoms. The zero-order valence-corrected chi connectivity index (χ0v) is 6.70. The molecule has 56 valence electrons. The summed E-state index contributed by atoms with van der Waals surface area (Å²) in [6.07, 6.45) is 0. The SMILES string of the molecule is O=C1OC2CSC1(O)CS2. The Labute approximate surface area is 66.5 Å². The summed E-state index contributed by atoms with van der Waals surface area (Å²) in [5.74, 6) is 0.723. The van der Waals surface area contributed by atoms with E-state index in [0.29, 0.717) is 11.5 Å². The minimum atomic E-state index is -1.24. The van der Waals surface area contributed by atoms with Crippen molar-refractivity contribution in [1.29, 1.82) is 0 Å². The highest BCUT2D eigenvalue weighted by atomic mass is 32.2. The van der Waals surface area contributed by atoms with E-state index in [0.717, 1.165) is 0 Å². The topological polar surface area (TPSA) is 46.5 Å². The van der Waals surface area contributed by atoms with Gasteiger partial charge in [0.2, 0.25) is 4.93 Å². The molecule has 3 saturated heterocycles. The number of hydrogen-bond donors (Lipinski definition) is 1. The fourth-order valence-electron chi connectivity index (χ4n) is 0.899. The molecule has 3 heterocycles. The Morgan fingerprint density at radius 3 is 2.90 bits per heavy atom. The Balaban J connectivity index is 2.25. The molecule has 2 bridgehead atoms. The molecule has 0 aromatic carbocycles. The zero-order valence-electron chi connectivity index (χ0n) is 5.07. The second kappa shape index (κ2) is 2.06. The van der Waals surface area contributed by atoms with Gasteiger partial charge in [0.05, 0.1) is 0 Å². The highest BCUT2D eigenvalue weighted by Crippen LogP contribution is 2.43. The van der Waals surface area contributed by atoms with Crippen molar-refractivity contribution in [2.24, 2.45) is 0 Å². The van der Waals surface area contributed by atoms with E-state index in [2.05, 4.69) is 0 Å². The number of esters is 1. The minimum Gasteiger partial charge on any atom is -0.448 e. The Kier molecular flexibility index (Phi) is 1.40. The molecular formula is C5H6O3S2. The average molecular weight is 178 g/mol. The van der Waals surface area contributed by atoms with Crippen LogP contribution in [0.25, 0.3) is 0 Å². The van der Waals surface area contributed by atoms with Crippen molar-refractivity contribution >= 4 is 29.5 Å². The number of ether oxygens (including phenoxy) is 1. The Hall–Kier alpha value is 0.130. The van der Waals surface area contributed by atoms with Crippen LogP contribution in [-0.4, -0.2) is 33.0 Å².